The number of hydrogen-bond acceptors (Lipinski definition) is 2. The lowest BCUT2D eigenvalue weighted by molar-refractivity contribution is 0.220. The van der Waals surface area contributed by atoms with Gasteiger partial charge in [-0.1, -0.05) is 0 Å². The third-order valence-corrected chi connectivity index (χ3v) is 4.92. The number of nitrogens with zero attached hydrogens (tertiary/aromatic N) is 2. The highest BCUT2D eigenvalue weighted by Gasteiger charge is 2.28. The molecule has 0 aliphatic carbocycles. The molecule has 2 nitrogen and oxygen atoms in total. The molecule has 0 spiro atoms. The van der Waals surface area contributed by atoms with Gasteiger partial charge in [0, 0.05) is 26.2 Å². The average molecular weight is 193 g/mol. The zero-order valence-electron chi connectivity index (χ0n) is 7.60. The monoisotopic (exact) mass is 192 g/mol. The molecule has 1 saturated heterocycles. The van der Waals surface area contributed by atoms with Crippen LogP contribution in [0.1, 0.15) is 0 Å². The van der Waals surface area contributed by atoms with Crippen molar-refractivity contribution >= 4 is 18.6 Å². The maximum absolute atomic E-state index is 6.31. The molecule has 0 aromatic carbocycles. The number of halogens is 1. The minimum Gasteiger partial charge on any atom is -0.309 e. The van der Waals surface area contributed by atoms with Gasteiger partial charge in [-0.2, -0.15) is 0 Å². The Morgan fingerprint density at radius 3 is 1.91 bits per heavy atom. The molecule has 0 N–H and O–H groups in total. The first-order valence-corrected chi connectivity index (χ1v) is 8.08. The van der Waals surface area contributed by atoms with E-state index < -0.39 is 7.55 Å². The Morgan fingerprint density at radius 1 is 1.09 bits per heavy atom. The summed E-state index contributed by atoms with van der Waals surface area (Å²) in [6, 6.07) is 0. The van der Waals surface area contributed by atoms with E-state index in [0.717, 1.165) is 13.1 Å². The number of likely N-dealkylation sites (N-methyl/N-ethyl adjacent to an activating group) is 1. The normalized spacial score (nSPS) is 24.0. The lowest BCUT2D eigenvalue weighted by Crippen LogP contribution is -2.54. The summed E-state index contributed by atoms with van der Waals surface area (Å²) in [5.74, 6) is 0. The van der Waals surface area contributed by atoms with E-state index in [1.165, 1.54) is 13.1 Å². The Hall–Kier alpha value is 0.427. The standard InChI is InChI=1S/C7H17ClN2Si/c1-9-4-6-10(7-5-9)11(2,3)8/h4-7H2,1-3H3. The Morgan fingerprint density at radius 2 is 1.55 bits per heavy atom. The molecule has 66 valence electrons. The van der Waals surface area contributed by atoms with Crippen molar-refractivity contribution in [3.05, 3.63) is 0 Å². The third-order valence-electron chi connectivity index (χ3n) is 2.26. The lowest BCUT2D eigenvalue weighted by Gasteiger charge is -2.38. The molecule has 0 aromatic heterocycles. The highest BCUT2D eigenvalue weighted by molar-refractivity contribution is 7.17. The van der Waals surface area contributed by atoms with Crippen LogP contribution in [-0.2, 0) is 0 Å². The molecule has 1 heterocycles. The van der Waals surface area contributed by atoms with E-state index in [-0.39, 0.29) is 0 Å². The van der Waals surface area contributed by atoms with E-state index in [2.05, 4.69) is 29.6 Å². The Labute approximate surface area is 74.9 Å². The SMILES string of the molecule is CN1CCN([Si](C)(C)Cl)CC1. The summed E-state index contributed by atoms with van der Waals surface area (Å²) >= 11 is 6.31. The summed E-state index contributed by atoms with van der Waals surface area (Å²) in [5, 5.41) is 0. The van der Waals surface area contributed by atoms with Crippen LogP contribution in [0.3, 0.4) is 0 Å². The predicted octanol–water partition coefficient (Wildman–Crippen LogP) is 1.17. The second kappa shape index (κ2) is 3.43. The molecule has 0 saturated carbocycles. The van der Waals surface area contributed by atoms with Gasteiger partial charge < -0.3 is 9.47 Å². The fraction of sp³-hybridized carbons (Fsp3) is 1.00. The maximum atomic E-state index is 6.31. The zero-order chi connectivity index (χ0) is 8.48. The van der Waals surface area contributed by atoms with Gasteiger partial charge in [0.2, 0.25) is 7.55 Å². The van der Waals surface area contributed by atoms with E-state index in [1.54, 1.807) is 0 Å². The first-order valence-electron chi connectivity index (χ1n) is 4.12. The van der Waals surface area contributed by atoms with E-state index in [1.807, 2.05) is 0 Å². The van der Waals surface area contributed by atoms with Gasteiger partial charge in [0.15, 0.2) is 0 Å². The van der Waals surface area contributed by atoms with Gasteiger partial charge in [-0.15, -0.1) is 11.1 Å². The van der Waals surface area contributed by atoms with Crippen LogP contribution in [0.5, 0.6) is 0 Å². The molecule has 1 rings (SSSR count). The van der Waals surface area contributed by atoms with Crippen molar-refractivity contribution in [2.45, 2.75) is 13.1 Å². The van der Waals surface area contributed by atoms with Gasteiger partial charge in [0.1, 0.15) is 0 Å². The number of piperazine rings is 1. The van der Waals surface area contributed by atoms with Crippen molar-refractivity contribution in [2.24, 2.45) is 0 Å². The molecule has 1 fully saturated rings. The quantitative estimate of drug-likeness (QED) is 0.455. The summed E-state index contributed by atoms with van der Waals surface area (Å²) in [6.45, 7) is 9.03. The van der Waals surface area contributed by atoms with Gasteiger partial charge in [-0.05, 0) is 20.1 Å². The molecule has 1 aliphatic rings. The molecule has 1 aliphatic heterocycles. The summed E-state index contributed by atoms with van der Waals surface area (Å²) in [4.78, 5) is 2.35. The smallest absolute Gasteiger partial charge is 0.223 e. The van der Waals surface area contributed by atoms with Gasteiger partial charge in [0.05, 0.1) is 0 Å². The lowest BCUT2D eigenvalue weighted by atomic mass is 10.4. The molecule has 0 radical (unpaired) electrons. The van der Waals surface area contributed by atoms with Crippen LogP contribution < -0.4 is 0 Å². The van der Waals surface area contributed by atoms with Crippen molar-refractivity contribution in [3.63, 3.8) is 0 Å². The van der Waals surface area contributed by atoms with Crippen molar-refractivity contribution < 1.29 is 0 Å². The van der Waals surface area contributed by atoms with E-state index in [9.17, 15) is 0 Å². The van der Waals surface area contributed by atoms with Crippen LogP contribution in [0.15, 0.2) is 0 Å². The van der Waals surface area contributed by atoms with Gasteiger partial charge in [-0.25, -0.2) is 0 Å². The molecule has 0 amide bonds. The second-order valence-electron chi connectivity index (χ2n) is 3.70. The van der Waals surface area contributed by atoms with Crippen molar-refractivity contribution in [1.82, 2.24) is 9.47 Å². The molecule has 0 atom stereocenters. The molecular formula is C7H17ClN2Si. The van der Waals surface area contributed by atoms with Crippen LogP contribution in [0.2, 0.25) is 13.1 Å². The van der Waals surface area contributed by atoms with Crippen molar-refractivity contribution in [3.8, 4) is 0 Å². The van der Waals surface area contributed by atoms with Crippen LogP contribution in [-0.4, -0.2) is 50.2 Å². The molecule has 0 aromatic rings. The maximum Gasteiger partial charge on any atom is 0.223 e. The topological polar surface area (TPSA) is 6.48 Å². The average Bonchev–Trinajstić information content (AvgIpc) is 1.86. The first kappa shape index (κ1) is 9.51. The summed E-state index contributed by atoms with van der Waals surface area (Å²) in [5.41, 5.74) is 0. The summed E-state index contributed by atoms with van der Waals surface area (Å²) in [6.07, 6.45) is 0. The number of hydrogen-bond donors (Lipinski definition) is 0. The Kier molecular flexibility index (Phi) is 2.97. The number of rotatable bonds is 1. The first-order chi connectivity index (χ1) is 5.00. The van der Waals surface area contributed by atoms with Gasteiger partial charge >= 0.3 is 0 Å². The van der Waals surface area contributed by atoms with Gasteiger partial charge in [0.25, 0.3) is 0 Å². The highest BCUT2D eigenvalue weighted by atomic mass is 35.6. The van der Waals surface area contributed by atoms with Crippen LogP contribution in [0.25, 0.3) is 0 Å². The fourth-order valence-electron chi connectivity index (χ4n) is 1.34. The van der Waals surface area contributed by atoms with Crippen LogP contribution >= 0.6 is 11.1 Å². The van der Waals surface area contributed by atoms with Crippen molar-refractivity contribution in [2.75, 3.05) is 33.2 Å². The van der Waals surface area contributed by atoms with Crippen LogP contribution in [0.4, 0.5) is 0 Å². The zero-order valence-corrected chi connectivity index (χ0v) is 9.36. The van der Waals surface area contributed by atoms with Gasteiger partial charge in [-0.3, -0.25) is 0 Å². The third kappa shape index (κ3) is 2.74. The van der Waals surface area contributed by atoms with E-state index in [4.69, 9.17) is 11.1 Å². The van der Waals surface area contributed by atoms with E-state index >= 15 is 0 Å². The van der Waals surface area contributed by atoms with Crippen LogP contribution in [0, 0.1) is 0 Å². The summed E-state index contributed by atoms with van der Waals surface area (Å²) in [7, 11) is 0.660. The molecule has 0 bridgehead atoms. The minimum atomic E-state index is -1.51. The molecule has 11 heavy (non-hydrogen) atoms. The molecular weight excluding hydrogens is 176 g/mol. The summed E-state index contributed by atoms with van der Waals surface area (Å²) < 4.78 is 2.45. The van der Waals surface area contributed by atoms with E-state index in [0.29, 0.717) is 0 Å². The Bertz CT molecular complexity index is 127. The predicted molar refractivity (Wildman–Crippen MR) is 52.4 cm³/mol. The molecule has 0 unspecified atom stereocenters. The Balaban J connectivity index is 2.39. The minimum absolute atomic E-state index is 1.15. The molecule has 4 heteroatoms. The second-order valence-corrected chi connectivity index (χ2v) is 9.93. The van der Waals surface area contributed by atoms with Crippen molar-refractivity contribution in [1.29, 1.82) is 0 Å². The fourth-order valence-corrected chi connectivity index (χ4v) is 3.11. The largest absolute Gasteiger partial charge is 0.309 e. The highest BCUT2D eigenvalue weighted by Crippen LogP contribution is 2.15.